The molecule has 0 aromatic heterocycles. The Morgan fingerprint density at radius 2 is 2.06 bits per heavy atom. The molecule has 1 aliphatic rings. The number of carbonyl (C=O) groups is 2. The first kappa shape index (κ1) is 12.7. The van der Waals surface area contributed by atoms with Crippen molar-refractivity contribution in [3.63, 3.8) is 0 Å². The first-order valence-electron chi connectivity index (χ1n) is 5.51. The molecule has 5 heteroatoms. The summed E-state index contributed by atoms with van der Waals surface area (Å²) in [6.45, 7) is 3.86. The maximum atomic E-state index is 11.6. The molecular formula is C11H19N3O2. The summed E-state index contributed by atoms with van der Waals surface area (Å²) in [7, 11) is 0. The van der Waals surface area contributed by atoms with Gasteiger partial charge in [-0.05, 0) is 25.7 Å². The summed E-state index contributed by atoms with van der Waals surface area (Å²) < 4.78 is 0. The van der Waals surface area contributed by atoms with Gasteiger partial charge in [-0.25, -0.2) is 4.79 Å². The number of nitrogens with one attached hydrogen (secondary N) is 1. The molecule has 1 rings (SSSR count). The molecule has 0 aliphatic heterocycles. The standard InChI is InChI=1S/C11H19N3O2/c1-8(10-3-4-10)7-13-11(16)14(6-5-12)9(2)15/h7,10H,3-6,12H2,1-2H3,(H,13,16)/b8-7+. The third kappa shape index (κ3) is 3.66. The Morgan fingerprint density at radius 3 is 2.50 bits per heavy atom. The zero-order chi connectivity index (χ0) is 12.1. The van der Waals surface area contributed by atoms with Crippen molar-refractivity contribution in [2.24, 2.45) is 11.7 Å². The van der Waals surface area contributed by atoms with Gasteiger partial charge in [0.2, 0.25) is 5.91 Å². The van der Waals surface area contributed by atoms with Gasteiger partial charge < -0.3 is 11.1 Å². The zero-order valence-electron chi connectivity index (χ0n) is 9.82. The number of nitrogens with two attached hydrogens (primary N) is 1. The summed E-state index contributed by atoms with van der Waals surface area (Å²) in [5, 5.41) is 2.62. The molecule has 0 aromatic rings. The minimum absolute atomic E-state index is 0.248. The van der Waals surface area contributed by atoms with Crippen LogP contribution in [0.25, 0.3) is 0 Å². The fourth-order valence-electron chi connectivity index (χ4n) is 1.44. The van der Waals surface area contributed by atoms with Gasteiger partial charge in [0, 0.05) is 26.2 Å². The van der Waals surface area contributed by atoms with Gasteiger partial charge in [0.15, 0.2) is 0 Å². The van der Waals surface area contributed by atoms with Crippen LogP contribution in [0.3, 0.4) is 0 Å². The molecular weight excluding hydrogens is 206 g/mol. The highest BCUT2D eigenvalue weighted by Crippen LogP contribution is 2.35. The van der Waals surface area contributed by atoms with Gasteiger partial charge in [0.05, 0.1) is 0 Å². The molecule has 1 fully saturated rings. The summed E-state index contributed by atoms with van der Waals surface area (Å²) in [5.41, 5.74) is 6.49. The Bertz CT molecular complexity index is 308. The Morgan fingerprint density at radius 1 is 1.44 bits per heavy atom. The van der Waals surface area contributed by atoms with Crippen LogP contribution in [0, 0.1) is 5.92 Å². The maximum absolute atomic E-state index is 11.6. The summed E-state index contributed by atoms with van der Waals surface area (Å²) in [4.78, 5) is 23.9. The predicted molar refractivity (Wildman–Crippen MR) is 61.5 cm³/mol. The summed E-state index contributed by atoms with van der Waals surface area (Å²) in [5.74, 6) is 0.320. The van der Waals surface area contributed by atoms with Crippen LogP contribution in [0.4, 0.5) is 4.79 Å². The summed E-state index contributed by atoms with van der Waals surface area (Å²) >= 11 is 0. The normalized spacial score (nSPS) is 15.8. The van der Waals surface area contributed by atoms with E-state index >= 15 is 0 Å². The Hall–Kier alpha value is -1.36. The van der Waals surface area contributed by atoms with E-state index in [-0.39, 0.29) is 19.0 Å². The zero-order valence-corrected chi connectivity index (χ0v) is 9.82. The molecule has 0 spiro atoms. The second-order valence-electron chi connectivity index (χ2n) is 4.07. The van der Waals surface area contributed by atoms with Gasteiger partial charge in [-0.15, -0.1) is 0 Å². The fraction of sp³-hybridized carbons (Fsp3) is 0.636. The van der Waals surface area contributed by atoms with E-state index in [0.717, 1.165) is 10.5 Å². The fourth-order valence-corrected chi connectivity index (χ4v) is 1.44. The van der Waals surface area contributed by atoms with E-state index in [4.69, 9.17) is 5.73 Å². The van der Waals surface area contributed by atoms with E-state index in [1.54, 1.807) is 6.20 Å². The molecule has 5 nitrogen and oxygen atoms in total. The van der Waals surface area contributed by atoms with Gasteiger partial charge in [0.1, 0.15) is 0 Å². The van der Waals surface area contributed by atoms with Crippen molar-refractivity contribution < 1.29 is 9.59 Å². The molecule has 0 atom stereocenters. The molecule has 90 valence electrons. The van der Waals surface area contributed by atoms with Crippen LogP contribution >= 0.6 is 0 Å². The smallest absolute Gasteiger partial charge is 0.328 e. The minimum atomic E-state index is -0.405. The van der Waals surface area contributed by atoms with Crippen LogP contribution in [-0.4, -0.2) is 29.9 Å². The Labute approximate surface area is 95.7 Å². The molecule has 0 saturated heterocycles. The number of nitrogens with zero attached hydrogens (tertiary/aromatic N) is 1. The lowest BCUT2D eigenvalue weighted by Gasteiger charge is -2.17. The quantitative estimate of drug-likeness (QED) is 0.743. The summed E-state index contributed by atoms with van der Waals surface area (Å²) in [6.07, 6.45) is 4.07. The largest absolute Gasteiger partial charge is 0.329 e. The first-order chi connectivity index (χ1) is 7.56. The second-order valence-corrected chi connectivity index (χ2v) is 4.07. The molecule has 1 saturated carbocycles. The van der Waals surface area contributed by atoms with E-state index in [9.17, 15) is 9.59 Å². The van der Waals surface area contributed by atoms with Crippen molar-refractivity contribution >= 4 is 11.9 Å². The van der Waals surface area contributed by atoms with E-state index in [0.29, 0.717) is 5.92 Å². The van der Waals surface area contributed by atoms with E-state index in [1.165, 1.54) is 19.8 Å². The van der Waals surface area contributed by atoms with Crippen molar-refractivity contribution in [1.29, 1.82) is 0 Å². The van der Waals surface area contributed by atoms with Crippen LogP contribution in [0.15, 0.2) is 11.8 Å². The molecule has 0 radical (unpaired) electrons. The Balaban J connectivity index is 2.47. The van der Waals surface area contributed by atoms with Crippen molar-refractivity contribution in [2.75, 3.05) is 13.1 Å². The van der Waals surface area contributed by atoms with Crippen molar-refractivity contribution in [2.45, 2.75) is 26.7 Å². The van der Waals surface area contributed by atoms with Crippen LogP contribution in [0.5, 0.6) is 0 Å². The first-order valence-corrected chi connectivity index (χ1v) is 5.51. The molecule has 0 aromatic carbocycles. The monoisotopic (exact) mass is 225 g/mol. The van der Waals surface area contributed by atoms with Crippen LogP contribution < -0.4 is 11.1 Å². The number of rotatable bonds is 4. The molecule has 0 bridgehead atoms. The van der Waals surface area contributed by atoms with Gasteiger partial charge >= 0.3 is 6.03 Å². The van der Waals surface area contributed by atoms with E-state index < -0.39 is 6.03 Å². The number of allylic oxidation sites excluding steroid dienone is 1. The lowest BCUT2D eigenvalue weighted by Crippen LogP contribution is -2.43. The number of imide groups is 1. The highest BCUT2D eigenvalue weighted by Gasteiger charge is 2.23. The topological polar surface area (TPSA) is 75.4 Å². The molecule has 16 heavy (non-hydrogen) atoms. The SMILES string of the molecule is CC(=O)N(CCN)C(=O)N/C=C(\C)C1CC1. The second kappa shape index (κ2) is 5.65. The van der Waals surface area contributed by atoms with Crippen LogP contribution in [0.1, 0.15) is 26.7 Å². The lowest BCUT2D eigenvalue weighted by atomic mass is 10.2. The van der Waals surface area contributed by atoms with Gasteiger partial charge in [-0.1, -0.05) is 5.57 Å². The molecule has 3 N–H and O–H groups in total. The number of amides is 3. The summed E-state index contributed by atoms with van der Waals surface area (Å²) in [6, 6.07) is -0.405. The highest BCUT2D eigenvalue weighted by atomic mass is 16.2. The average Bonchev–Trinajstić information content (AvgIpc) is 3.05. The minimum Gasteiger partial charge on any atom is -0.329 e. The third-order valence-corrected chi connectivity index (χ3v) is 2.62. The number of hydrogen-bond donors (Lipinski definition) is 2. The number of urea groups is 1. The maximum Gasteiger partial charge on any atom is 0.328 e. The Kier molecular flexibility index (Phi) is 4.49. The third-order valence-electron chi connectivity index (χ3n) is 2.62. The predicted octanol–water partition coefficient (Wildman–Crippen LogP) is 0.817. The van der Waals surface area contributed by atoms with Crippen molar-refractivity contribution in [3.05, 3.63) is 11.8 Å². The van der Waals surface area contributed by atoms with Gasteiger partial charge in [-0.2, -0.15) is 0 Å². The molecule has 0 unspecified atom stereocenters. The van der Waals surface area contributed by atoms with Crippen molar-refractivity contribution in [3.8, 4) is 0 Å². The molecule has 3 amide bonds. The highest BCUT2D eigenvalue weighted by molar-refractivity contribution is 5.93. The van der Waals surface area contributed by atoms with Gasteiger partial charge in [0.25, 0.3) is 0 Å². The lowest BCUT2D eigenvalue weighted by molar-refractivity contribution is -0.125. The van der Waals surface area contributed by atoms with E-state index in [1.807, 2.05) is 6.92 Å². The molecule has 1 aliphatic carbocycles. The molecule has 0 heterocycles. The van der Waals surface area contributed by atoms with Crippen LogP contribution in [-0.2, 0) is 4.79 Å². The average molecular weight is 225 g/mol. The van der Waals surface area contributed by atoms with Gasteiger partial charge in [-0.3, -0.25) is 9.69 Å². The number of hydrogen-bond acceptors (Lipinski definition) is 3. The number of carbonyl (C=O) groups excluding carboxylic acids is 2. The van der Waals surface area contributed by atoms with Crippen molar-refractivity contribution in [1.82, 2.24) is 10.2 Å². The van der Waals surface area contributed by atoms with E-state index in [2.05, 4.69) is 5.32 Å². The van der Waals surface area contributed by atoms with Crippen LogP contribution in [0.2, 0.25) is 0 Å².